The second-order valence-corrected chi connectivity index (χ2v) is 5.99. The van der Waals surface area contributed by atoms with Gasteiger partial charge < -0.3 is 15.8 Å². The number of benzene rings is 2. The molecule has 5 heteroatoms. The number of para-hydroxylation sites is 2. The number of carbonyl (C=O) groups excluding carboxylic acids is 1. The van der Waals surface area contributed by atoms with Crippen LogP contribution in [0.4, 0.5) is 5.69 Å². The number of carbonyl (C=O) groups is 1. The zero-order chi connectivity index (χ0) is 17.4. The van der Waals surface area contributed by atoms with E-state index in [1.165, 1.54) is 0 Å². The minimum Gasteiger partial charge on any atom is -0.487 e. The van der Waals surface area contributed by atoms with Gasteiger partial charge in [0.05, 0.1) is 11.6 Å². The van der Waals surface area contributed by atoms with Gasteiger partial charge in [0, 0.05) is 12.1 Å². The molecule has 24 heavy (non-hydrogen) atoms. The predicted octanol–water partition coefficient (Wildman–Crippen LogP) is 3.83. The number of rotatable bonds is 8. The summed E-state index contributed by atoms with van der Waals surface area (Å²) >= 11 is 6.10. The Hall–Kier alpha value is -2.20. The zero-order valence-electron chi connectivity index (χ0n) is 13.8. The summed E-state index contributed by atoms with van der Waals surface area (Å²) in [6.45, 7) is 2.46. The van der Waals surface area contributed by atoms with Gasteiger partial charge >= 0.3 is 0 Å². The maximum atomic E-state index is 12.0. The third-order valence-electron chi connectivity index (χ3n) is 3.79. The van der Waals surface area contributed by atoms with E-state index in [1.807, 2.05) is 49.4 Å². The van der Waals surface area contributed by atoms with Crippen molar-refractivity contribution in [2.24, 2.45) is 0 Å². The highest BCUT2D eigenvalue weighted by Gasteiger charge is 2.12. The lowest BCUT2D eigenvalue weighted by Gasteiger charge is -2.19. The largest absolute Gasteiger partial charge is 0.487 e. The molecular formula is C19H23ClN2O2. The van der Waals surface area contributed by atoms with Gasteiger partial charge in [-0.15, -0.1) is 0 Å². The standard InChI is InChI=1S/C19H23ClN2O2/c1-2-15(24-18-10-6-4-8-16(18)20)13-22-19(23)12-11-14-7-3-5-9-17(14)21/h3-10,15H,2,11-13,21H2,1H3,(H,22,23). The summed E-state index contributed by atoms with van der Waals surface area (Å²) in [6, 6.07) is 14.9. The highest BCUT2D eigenvalue weighted by Crippen LogP contribution is 2.24. The van der Waals surface area contributed by atoms with Crippen molar-refractivity contribution in [1.82, 2.24) is 5.32 Å². The quantitative estimate of drug-likeness (QED) is 0.714. The summed E-state index contributed by atoms with van der Waals surface area (Å²) in [5, 5.41) is 3.49. The molecule has 0 aliphatic heterocycles. The summed E-state index contributed by atoms with van der Waals surface area (Å²) < 4.78 is 5.86. The maximum Gasteiger partial charge on any atom is 0.220 e. The highest BCUT2D eigenvalue weighted by atomic mass is 35.5. The second-order valence-electron chi connectivity index (χ2n) is 5.58. The first-order chi connectivity index (χ1) is 11.6. The number of hydrogen-bond donors (Lipinski definition) is 2. The number of anilines is 1. The molecule has 2 aromatic carbocycles. The monoisotopic (exact) mass is 346 g/mol. The number of amides is 1. The predicted molar refractivity (Wildman–Crippen MR) is 98.3 cm³/mol. The number of nitrogens with one attached hydrogen (secondary N) is 1. The van der Waals surface area contributed by atoms with E-state index in [4.69, 9.17) is 22.1 Å². The van der Waals surface area contributed by atoms with Crippen LogP contribution >= 0.6 is 11.6 Å². The third kappa shape index (κ3) is 5.46. The van der Waals surface area contributed by atoms with E-state index in [9.17, 15) is 4.79 Å². The summed E-state index contributed by atoms with van der Waals surface area (Å²) in [4.78, 5) is 12.0. The molecule has 1 unspecified atom stereocenters. The van der Waals surface area contributed by atoms with E-state index >= 15 is 0 Å². The molecule has 3 N–H and O–H groups in total. The Labute approximate surface area is 148 Å². The number of nitrogens with two attached hydrogens (primary N) is 1. The fourth-order valence-corrected chi connectivity index (χ4v) is 2.50. The molecular weight excluding hydrogens is 324 g/mol. The number of nitrogen functional groups attached to an aromatic ring is 1. The number of ether oxygens (including phenoxy) is 1. The van der Waals surface area contributed by atoms with Crippen LogP contribution < -0.4 is 15.8 Å². The van der Waals surface area contributed by atoms with Gasteiger partial charge in [-0.25, -0.2) is 0 Å². The van der Waals surface area contributed by atoms with Gasteiger partial charge in [0.1, 0.15) is 11.9 Å². The zero-order valence-corrected chi connectivity index (χ0v) is 14.6. The lowest BCUT2D eigenvalue weighted by Crippen LogP contribution is -2.35. The molecule has 0 bridgehead atoms. The van der Waals surface area contributed by atoms with E-state index in [2.05, 4.69) is 5.32 Å². The number of halogens is 1. The van der Waals surface area contributed by atoms with Crippen LogP contribution in [0, 0.1) is 0 Å². The van der Waals surface area contributed by atoms with Crippen LogP contribution in [-0.4, -0.2) is 18.6 Å². The van der Waals surface area contributed by atoms with Crippen molar-refractivity contribution >= 4 is 23.2 Å². The second kappa shape index (κ2) is 9.18. The third-order valence-corrected chi connectivity index (χ3v) is 4.10. The van der Waals surface area contributed by atoms with Crippen LogP contribution in [0.15, 0.2) is 48.5 Å². The van der Waals surface area contributed by atoms with Crippen LogP contribution in [-0.2, 0) is 11.2 Å². The molecule has 0 radical (unpaired) electrons. The van der Waals surface area contributed by atoms with Crippen molar-refractivity contribution in [3.8, 4) is 5.75 Å². The minimum atomic E-state index is -0.115. The fraction of sp³-hybridized carbons (Fsp3) is 0.316. The SMILES string of the molecule is CCC(CNC(=O)CCc1ccccc1N)Oc1ccccc1Cl. The molecule has 0 fully saturated rings. The lowest BCUT2D eigenvalue weighted by molar-refractivity contribution is -0.121. The maximum absolute atomic E-state index is 12.0. The van der Waals surface area contributed by atoms with Gasteiger partial charge in [-0.3, -0.25) is 4.79 Å². The molecule has 1 atom stereocenters. The van der Waals surface area contributed by atoms with Crippen LogP contribution in [0.25, 0.3) is 0 Å². The molecule has 4 nitrogen and oxygen atoms in total. The van der Waals surface area contributed by atoms with Gasteiger partial charge in [-0.1, -0.05) is 48.9 Å². The molecule has 0 heterocycles. The molecule has 2 aromatic rings. The molecule has 1 amide bonds. The van der Waals surface area contributed by atoms with Gasteiger partial charge in [0.25, 0.3) is 0 Å². The van der Waals surface area contributed by atoms with Crippen molar-refractivity contribution in [3.63, 3.8) is 0 Å². The van der Waals surface area contributed by atoms with Crippen molar-refractivity contribution < 1.29 is 9.53 Å². The average Bonchev–Trinajstić information content (AvgIpc) is 2.59. The van der Waals surface area contributed by atoms with Crippen LogP contribution in [0.1, 0.15) is 25.3 Å². The lowest BCUT2D eigenvalue weighted by atomic mass is 10.1. The van der Waals surface area contributed by atoms with Gasteiger partial charge in [0.15, 0.2) is 0 Å². The van der Waals surface area contributed by atoms with E-state index in [0.29, 0.717) is 30.2 Å². The summed E-state index contributed by atoms with van der Waals surface area (Å²) in [5.41, 5.74) is 7.60. The van der Waals surface area contributed by atoms with Crippen LogP contribution in [0.2, 0.25) is 5.02 Å². The van der Waals surface area contributed by atoms with Gasteiger partial charge in [0.2, 0.25) is 5.91 Å². The molecule has 0 spiro atoms. The van der Waals surface area contributed by atoms with Crippen molar-refractivity contribution in [1.29, 1.82) is 0 Å². The first-order valence-corrected chi connectivity index (χ1v) is 8.49. The molecule has 128 valence electrons. The Balaban J connectivity index is 1.79. The topological polar surface area (TPSA) is 64.4 Å². The fourth-order valence-electron chi connectivity index (χ4n) is 2.32. The van der Waals surface area contributed by atoms with Gasteiger partial charge in [-0.05, 0) is 36.6 Å². The first kappa shape index (κ1) is 18.1. The normalized spacial score (nSPS) is 11.8. The molecule has 0 saturated carbocycles. The van der Waals surface area contributed by atoms with E-state index in [1.54, 1.807) is 6.07 Å². The van der Waals surface area contributed by atoms with Crippen molar-refractivity contribution in [2.45, 2.75) is 32.3 Å². The molecule has 0 aromatic heterocycles. The Morgan fingerprint density at radius 3 is 2.62 bits per heavy atom. The van der Waals surface area contributed by atoms with Crippen LogP contribution in [0.5, 0.6) is 5.75 Å². The van der Waals surface area contributed by atoms with Crippen LogP contribution in [0.3, 0.4) is 0 Å². The summed E-state index contributed by atoms with van der Waals surface area (Å²) in [6.07, 6.45) is 1.69. The number of aryl methyl sites for hydroxylation is 1. The Morgan fingerprint density at radius 1 is 1.21 bits per heavy atom. The first-order valence-electron chi connectivity index (χ1n) is 8.11. The highest BCUT2D eigenvalue weighted by molar-refractivity contribution is 6.32. The molecule has 2 rings (SSSR count). The Kier molecular flexibility index (Phi) is 6.94. The minimum absolute atomic E-state index is 0.0144. The number of hydrogen-bond acceptors (Lipinski definition) is 3. The smallest absolute Gasteiger partial charge is 0.220 e. The average molecular weight is 347 g/mol. The van der Waals surface area contributed by atoms with E-state index in [0.717, 1.165) is 17.7 Å². The molecule has 0 aliphatic carbocycles. The summed E-state index contributed by atoms with van der Waals surface area (Å²) in [5.74, 6) is 0.622. The van der Waals surface area contributed by atoms with E-state index in [-0.39, 0.29) is 12.0 Å². The van der Waals surface area contributed by atoms with Gasteiger partial charge in [-0.2, -0.15) is 0 Å². The molecule has 0 saturated heterocycles. The Morgan fingerprint density at radius 2 is 1.92 bits per heavy atom. The Bertz CT molecular complexity index is 676. The van der Waals surface area contributed by atoms with Crippen molar-refractivity contribution in [2.75, 3.05) is 12.3 Å². The van der Waals surface area contributed by atoms with Crippen molar-refractivity contribution in [3.05, 3.63) is 59.1 Å². The summed E-state index contributed by atoms with van der Waals surface area (Å²) in [7, 11) is 0. The molecule has 0 aliphatic rings. The van der Waals surface area contributed by atoms with E-state index < -0.39 is 0 Å².